The molecule has 0 N–H and O–H groups in total. The molecule has 0 amide bonds. The molecule has 110 valence electrons. The van der Waals surface area contributed by atoms with Crippen molar-refractivity contribution < 1.29 is 9.53 Å². The second-order valence-corrected chi connectivity index (χ2v) is 6.81. The first kappa shape index (κ1) is 16.5. The Hall–Kier alpha value is -0.840. The number of ether oxygens (including phenoxy) is 1. The molecule has 0 radical (unpaired) electrons. The number of ketones is 1. The van der Waals surface area contributed by atoms with E-state index < -0.39 is 0 Å². The lowest BCUT2D eigenvalue weighted by molar-refractivity contribution is 0.103. The van der Waals surface area contributed by atoms with Gasteiger partial charge in [0, 0.05) is 19.5 Å². The van der Waals surface area contributed by atoms with Crippen molar-refractivity contribution >= 4 is 49.2 Å². The highest BCUT2D eigenvalue weighted by Crippen LogP contribution is 2.35. The Balaban J connectivity index is 2.68. The summed E-state index contributed by atoms with van der Waals surface area (Å²) in [5, 5.41) is 0.576. The quantitative estimate of drug-likeness (QED) is 0.580. The number of aryl methyl sites for hydroxylation is 1. The predicted molar refractivity (Wildman–Crippen MR) is 92.8 cm³/mol. The summed E-state index contributed by atoms with van der Waals surface area (Å²) < 4.78 is 6.98. The van der Waals surface area contributed by atoms with E-state index >= 15 is 0 Å². The fourth-order valence-electron chi connectivity index (χ4n) is 2.20. The first-order valence-corrected chi connectivity index (χ1v) is 8.16. The summed E-state index contributed by atoms with van der Waals surface area (Å²) in [6.07, 6.45) is 0. The summed E-state index contributed by atoms with van der Waals surface area (Å²) in [5.74, 6) is 0.500. The van der Waals surface area contributed by atoms with Gasteiger partial charge in [0.15, 0.2) is 5.78 Å². The van der Waals surface area contributed by atoms with Crippen LogP contribution >= 0.6 is 43.5 Å². The molecule has 0 atom stereocenters. The molecule has 0 aliphatic carbocycles. The number of hydrogen-bond acceptors (Lipinski definition) is 2. The molecule has 0 aromatic heterocycles. The van der Waals surface area contributed by atoms with Gasteiger partial charge in [-0.3, -0.25) is 4.79 Å². The average molecular weight is 433 g/mol. The highest BCUT2D eigenvalue weighted by atomic mass is 79.9. The fourth-order valence-corrected chi connectivity index (χ4v) is 3.60. The predicted octanol–water partition coefficient (Wildman–Crippen LogP) is 5.72. The summed E-state index contributed by atoms with van der Waals surface area (Å²) in [5.41, 5.74) is 2.87. The van der Waals surface area contributed by atoms with Crippen molar-refractivity contribution in [1.82, 2.24) is 0 Å². The molecule has 0 saturated heterocycles. The zero-order chi connectivity index (χ0) is 15.7. The van der Waals surface area contributed by atoms with Crippen LogP contribution in [0.4, 0.5) is 0 Å². The van der Waals surface area contributed by atoms with Crippen LogP contribution < -0.4 is 4.74 Å². The second-order valence-electron chi connectivity index (χ2n) is 4.66. The van der Waals surface area contributed by atoms with Crippen molar-refractivity contribution in [2.75, 3.05) is 7.11 Å². The van der Waals surface area contributed by atoms with Crippen LogP contribution in [0.2, 0.25) is 5.02 Å². The highest BCUT2D eigenvalue weighted by molar-refractivity contribution is 9.10. The minimum absolute atomic E-state index is 0.0997. The molecule has 2 nitrogen and oxygen atoms in total. The van der Waals surface area contributed by atoms with E-state index in [-0.39, 0.29) is 5.78 Å². The third-order valence-corrected chi connectivity index (χ3v) is 4.98. The summed E-state index contributed by atoms with van der Waals surface area (Å²) in [7, 11) is 1.57. The molecule has 0 heterocycles. The third-order valence-electron chi connectivity index (χ3n) is 3.27. The van der Waals surface area contributed by atoms with Crippen LogP contribution in [0.1, 0.15) is 27.0 Å². The lowest BCUT2D eigenvalue weighted by atomic mass is 9.96. The van der Waals surface area contributed by atoms with E-state index in [9.17, 15) is 4.79 Å². The summed E-state index contributed by atoms with van der Waals surface area (Å²) >= 11 is 12.8. The maximum absolute atomic E-state index is 12.9. The number of halogens is 3. The maximum Gasteiger partial charge on any atom is 0.198 e. The number of carbonyl (C=O) groups excluding carboxylic acids is 1. The van der Waals surface area contributed by atoms with Gasteiger partial charge in [-0.25, -0.2) is 0 Å². The Bertz CT molecular complexity index is 727. The molecule has 2 aromatic rings. The number of carbonyl (C=O) groups is 1. The summed E-state index contributed by atoms with van der Waals surface area (Å²) in [4.78, 5) is 12.9. The van der Waals surface area contributed by atoms with E-state index in [4.69, 9.17) is 16.3 Å². The molecule has 2 rings (SSSR count). The van der Waals surface area contributed by atoms with Crippen LogP contribution in [-0.2, 0) is 0 Å². The van der Waals surface area contributed by atoms with Crippen molar-refractivity contribution in [3.05, 3.63) is 60.5 Å². The van der Waals surface area contributed by atoms with Gasteiger partial charge in [0.05, 0.1) is 12.7 Å². The van der Waals surface area contributed by atoms with E-state index in [0.717, 1.165) is 15.6 Å². The minimum Gasteiger partial charge on any atom is -0.496 e. The van der Waals surface area contributed by atoms with Crippen molar-refractivity contribution in [2.45, 2.75) is 13.8 Å². The molecular weight excluding hydrogens is 419 g/mol. The van der Waals surface area contributed by atoms with Crippen molar-refractivity contribution in [3.63, 3.8) is 0 Å². The van der Waals surface area contributed by atoms with Crippen molar-refractivity contribution in [2.24, 2.45) is 0 Å². The molecule has 0 bridgehead atoms. The van der Waals surface area contributed by atoms with Crippen LogP contribution in [-0.4, -0.2) is 12.9 Å². The summed E-state index contributed by atoms with van der Waals surface area (Å²) in [6, 6.07) is 7.07. The lowest BCUT2D eigenvalue weighted by Crippen LogP contribution is -2.09. The molecular formula is C16H13Br2ClO2. The fraction of sp³-hybridized carbons (Fsp3) is 0.188. The van der Waals surface area contributed by atoms with E-state index in [1.54, 1.807) is 25.3 Å². The minimum atomic E-state index is -0.0997. The van der Waals surface area contributed by atoms with Crippen LogP contribution in [0.25, 0.3) is 0 Å². The number of benzene rings is 2. The van der Waals surface area contributed by atoms with Gasteiger partial charge in [-0.2, -0.15) is 0 Å². The van der Waals surface area contributed by atoms with E-state index in [0.29, 0.717) is 26.4 Å². The molecule has 0 spiro atoms. The molecule has 21 heavy (non-hydrogen) atoms. The zero-order valence-electron chi connectivity index (χ0n) is 11.8. The van der Waals surface area contributed by atoms with E-state index in [1.807, 2.05) is 19.9 Å². The number of hydrogen-bond donors (Lipinski definition) is 0. The number of rotatable bonds is 3. The monoisotopic (exact) mass is 430 g/mol. The normalized spacial score (nSPS) is 10.6. The molecule has 0 aliphatic heterocycles. The van der Waals surface area contributed by atoms with Gasteiger partial charge in [-0.15, -0.1) is 0 Å². The lowest BCUT2D eigenvalue weighted by Gasteiger charge is -2.15. The second kappa shape index (κ2) is 6.51. The molecule has 5 heteroatoms. The molecule has 0 fully saturated rings. The van der Waals surface area contributed by atoms with Crippen molar-refractivity contribution in [1.29, 1.82) is 0 Å². The smallest absolute Gasteiger partial charge is 0.198 e. The van der Waals surface area contributed by atoms with Crippen LogP contribution in [0.3, 0.4) is 0 Å². The Kier molecular flexibility index (Phi) is 5.12. The first-order valence-electron chi connectivity index (χ1n) is 6.20. The summed E-state index contributed by atoms with van der Waals surface area (Å²) in [6.45, 7) is 3.81. The van der Waals surface area contributed by atoms with Crippen molar-refractivity contribution in [3.8, 4) is 5.75 Å². The zero-order valence-corrected chi connectivity index (χ0v) is 15.7. The van der Waals surface area contributed by atoms with Crippen LogP contribution in [0.15, 0.2) is 33.2 Å². The first-order chi connectivity index (χ1) is 9.86. The van der Waals surface area contributed by atoms with Crippen LogP contribution in [0, 0.1) is 13.8 Å². The highest BCUT2D eigenvalue weighted by Gasteiger charge is 2.22. The Morgan fingerprint density at radius 3 is 2.38 bits per heavy atom. The topological polar surface area (TPSA) is 26.3 Å². The van der Waals surface area contributed by atoms with Gasteiger partial charge >= 0.3 is 0 Å². The van der Waals surface area contributed by atoms with Gasteiger partial charge in [-0.05, 0) is 65.2 Å². The van der Waals surface area contributed by atoms with Gasteiger partial charge in [0.25, 0.3) is 0 Å². The maximum atomic E-state index is 12.9. The van der Waals surface area contributed by atoms with Gasteiger partial charge < -0.3 is 4.74 Å². The molecule has 2 aromatic carbocycles. The van der Waals surface area contributed by atoms with Gasteiger partial charge in [0.2, 0.25) is 0 Å². The standard InChI is InChI=1S/C16H13Br2ClO2/c1-8-6-12(17)9(2)14(16(8)21-3)15(20)11-5-4-10(19)7-13(11)18/h4-7H,1-3H3. The largest absolute Gasteiger partial charge is 0.496 e. The Morgan fingerprint density at radius 2 is 1.81 bits per heavy atom. The van der Waals surface area contributed by atoms with Gasteiger partial charge in [-0.1, -0.05) is 27.5 Å². The Labute approximate surface area is 145 Å². The van der Waals surface area contributed by atoms with Gasteiger partial charge in [0.1, 0.15) is 5.75 Å². The molecule has 0 unspecified atom stereocenters. The number of methoxy groups -OCH3 is 1. The Morgan fingerprint density at radius 1 is 1.14 bits per heavy atom. The SMILES string of the molecule is COc1c(C)cc(Br)c(C)c1C(=O)c1ccc(Cl)cc1Br. The third kappa shape index (κ3) is 3.17. The molecule has 0 saturated carbocycles. The average Bonchev–Trinajstić information content (AvgIpc) is 2.41. The van der Waals surface area contributed by atoms with Crippen LogP contribution in [0.5, 0.6) is 5.75 Å². The molecule has 0 aliphatic rings. The van der Waals surface area contributed by atoms with E-state index in [1.165, 1.54) is 0 Å². The van der Waals surface area contributed by atoms with E-state index in [2.05, 4.69) is 31.9 Å².